The number of carbonyl (C=O) groups is 1. The van der Waals surface area contributed by atoms with Crippen molar-refractivity contribution in [2.45, 2.75) is 26.3 Å². The predicted octanol–water partition coefficient (Wildman–Crippen LogP) is 4.95. The van der Waals surface area contributed by atoms with Gasteiger partial charge in [-0.1, -0.05) is 35.9 Å². The third-order valence-corrected chi connectivity index (χ3v) is 4.08. The lowest BCUT2D eigenvalue weighted by molar-refractivity contribution is 0.215. The standard InChI is InChI=1S/C21H20N4O2/c1-15-10-12-16(13-11-15)25-19(14-18(24-25)21(2,3)22-4)23-20(26)27-17-8-6-5-7-9-17/h5-14H,1-3H3,(H,23,26). The second-order valence-corrected chi connectivity index (χ2v) is 6.66. The molecule has 0 bridgehead atoms. The van der Waals surface area contributed by atoms with Crippen LogP contribution in [0.4, 0.5) is 10.6 Å². The summed E-state index contributed by atoms with van der Waals surface area (Å²) < 4.78 is 6.90. The Hall–Kier alpha value is -3.59. The first-order valence-electron chi connectivity index (χ1n) is 8.49. The Labute approximate surface area is 158 Å². The molecule has 6 nitrogen and oxygen atoms in total. The SMILES string of the molecule is [C-]#[N+]C(C)(C)c1cc(NC(=O)Oc2ccccc2)n(-c2ccc(C)cc2)n1. The molecule has 0 saturated carbocycles. The number of aryl methyl sites for hydroxylation is 1. The number of carbonyl (C=O) groups excluding carboxylic acids is 1. The van der Waals surface area contributed by atoms with Crippen molar-refractivity contribution in [1.29, 1.82) is 0 Å². The van der Waals surface area contributed by atoms with E-state index in [4.69, 9.17) is 11.3 Å². The van der Waals surface area contributed by atoms with Crippen molar-refractivity contribution in [2.75, 3.05) is 5.32 Å². The molecule has 136 valence electrons. The van der Waals surface area contributed by atoms with Gasteiger partial charge in [0, 0.05) is 19.9 Å². The van der Waals surface area contributed by atoms with Crippen LogP contribution in [0, 0.1) is 13.5 Å². The Kier molecular flexibility index (Phi) is 4.95. The number of nitrogens with zero attached hydrogens (tertiary/aromatic N) is 3. The Morgan fingerprint density at radius 1 is 1.15 bits per heavy atom. The zero-order valence-corrected chi connectivity index (χ0v) is 15.4. The first kappa shape index (κ1) is 18.2. The minimum atomic E-state index is -0.810. The molecule has 0 spiro atoms. The van der Waals surface area contributed by atoms with Crippen LogP contribution < -0.4 is 10.1 Å². The highest BCUT2D eigenvalue weighted by Gasteiger charge is 2.31. The van der Waals surface area contributed by atoms with Gasteiger partial charge in [-0.05, 0) is 31.2 Å². The maximum atomic E-state index is 12.3. The second kappa shape index (κ2) is 7.34. The van der Waals surface area contributed by atoms with Gasteiger partial charge >= 0.3 is 6.09 Å². The Morgan fingerprint density at radius 2 is 1.81 bits per heavy atom. The van der Waals surface area contributed by atoms with E-state index >= 15 is 0 Å². The second-order valence-electron chi connectivity index (χ2n) is 6.66. The fourth-order valence-electron chi connectivity index (χ4n) is 2.43. The maximum Gasteiger partial charge on any atom is 0.418 e. The number of aromatic nitrogens is 2. The zero-order valence-electron chi connectivity index (χ0n) is 15.4. The van der Waals surface area contributed by atoms with Crippen LogP contribution in [0.3, 0.4) is 0 Å². The monoisotopic (exact) mass is 360 g/mol. The molecule has 1 N–H and O–H groups in total. The van der Waals surface area contributed by atoms with Crippen LogP contribution in [0.15, 0.2) is 60.7 Å². The number of rotatable bonds is 4. The van der Waals surface area contributed by atoms with E-state index in [0.29, 0.717) is 17.3 Å². The van der Waals surface area contributed by atoms with Crippen molar-refractivity contribution in [2.24, 2.45) is 0 Å². The summed E-state index contributed by atoms with van der Waals surface area (Å²) >= 11 is 0. The summed E-state index contributed by atoms with van der Waals surface area (Å²) in [4.78, 5) is 15.9. The van der Waals surface area contributed by atoms with E-state index in [9.17, 15) is 4.79 Å². The number of ether oxygens (including phenoxy) is 1. The molecule has 6 heteroatoms. The van der Waals surface area contributed by atoms with Crippen molar-refractivity contribution < 1.29 is 9.53 Å². The number of benzene rings is 2. The molecule has 0 aliphatic rings. The molecular formula is C21H20N4O2. The summed E-state index contributed by atoms with van der Waals surface area (Å²) in [5.41, 5.74) is 1.65. The van der Waals surface area contributed by atoms with E-state index in [1.54, 1.807) is 48.9 Å². The number of nitrogens with one attached hydrogen (secondary N) is 1. The lowest BCUT2D eigenvalue weighted by Crippen LogP contribution is -2.19. The first-order valence-corrected chi connectivity index (χ1v) is 8.49. The molecule has 3 aromatic rings. The highest BCUT2D eigenvalue weighted by atomic mass is 16.6. The topological polar surface area (TPSA) is 60.5 Å². The summed E-state index contributed by atoms with van der Waals surface area (Å²) in [5.74, 6) is 0.879. The van der Waals surface area contributed by atoms with Gasteiger partial charge in [-0.15, -0.1) is 0 Å². The fraction of sp³-hybridized carbons (Fsp3) is 0.190. The Morgan fingerprint density at radius 3 is 2.44 bits per heavy atom. The molecule has 1 amide bonds. The molecule has 0 saturated heterocycles. The van der Waals surface area contributed by atoms with Crippen LogP contribution in [-0.2, 0) is 5.54 Å². The van der Waals surface area contributed by atoms with E-state index in [1.807, 2.05) is 37.3 Å². The average Bonchev–Trinajstić information content (AvgIpc) is 3.07. The van der Waals surface area contributed by atoms with Gasteiger partial charge in [0.05, 0.1) is 5.69 Å². The molecule has 27 heavy (non-hydrogen) atoms. The minimum absolute atomic E-state index is 0.437. The van der Waals surface area contributed by atoms with Crippen LogP contribution in [0.2, 0.25) is 0 Å². The van der Waals surface area contributed by atoms with Crippen molar-refractivity contribution >= 4 is 11.9 Å². The van der Waals surface area contributed by atoms with Gasteiger partial charge in [-0.3, -0.25) is 5.32 Å². The molecule has 0 unspecified atom stereocenters. The Bertz CT molecular complexity index is 983. The normalized spacial score (nSPS) is 10.9. The first-order chi connectivity index (χ1) is 12.9. The van der Waals surface area contributed by atoms with Crippen molar-refractivity contribution in [1.82, 2.24) is 9.78 Å². The molecule has 0 atom stereocenters. The van der Waals surface area contributed by atoms with Crippen LogP contribution in [0.1, 0.15) is 25.1 Å². The fourth-order valence-corrected chi connectivity index (χ4v) is 2.43. The highest BCUT2D eigenvalue weighted by molar-refractivity contribution is 5.85. The molecule has 0 fully saturated rings. The molecule has 3 rings (SSSR count). The van der Waals surface area contributed by atoms with Crippen molar-refractivity contribution in [3.8, 4) is 11.4 Å². The molecule has 2 aromatic carbocycles. The van der Waals surface area contributed by atoms with Gasteiger partial charge in [0.2, 0.25) is 0 Å². The Balaban J connectivity index is 1.93. The number of hydrogen-bond acceptors (Lipinski definition) is 3. The molecular weight excluding hydrogens is 340 g/mol. The lowest BCUT2D eigenvalue weighted by atomic mass is 10.0. The summed E-state index contributed by atoms with van der Waals surface area (Å²) in [6.45, 7) is 13.0. The van der Waals surface area contributed by atoms with Gasteiger partial charge in [0.25, 0.3) is 5.54 Å². The van der Waals surface area contributed by atoms with E-state index < -0.39 is 11.6 Å². The molecule has 1 aromatic heterocycles. The summed E-state index contributed by atoms with van der Waals surface area (Å²) in [7, 11) is 0. The highest BCUT2D eigenvalue weighted by Crippen LogP contribution is 2.28. The van der Waals surface area contributed by atoms with Gasteiger partial charge in [0.15, 0.2) is 0 Å². The van der Waals surface area contributed by atoms with E-state index in [-0.39, 0.29) is 0 Å². The van der Waals surface area contributed by atoms with Crippen LogP contribution in [-0.4, -0.2) is 15.9 Å². The molecule has 0 radical (unpaired) electrons. The predicted molar refractivity (Wildman–Crippen MR) is 104 cm³/mol. The van der Waals surface area contributed by atoms with Crippen molar-refractivity contribution in [3.63, 3.8) is 0 Å². The van der Waals surface area contributed by atoms with E-state index in [2.05, 4.69) is 15.3 Å². The molecule has 0 aliphatic heterocycles. The number of anilines is 1. The number of hydrogen-bond donors (Lipinski definition) is 1. The molecule has 0 aliphatic carbocycles. The average molecular weight is 360 g/mol. The van der Waals surface area contributed by atoms with Crippen LogP contribution in [0.5, 0.6) is 5.75 Å². The number of amides is 1. The maximum absolute atomic E-state index is 12.3. The third-order valence-electron chi connectivity index (χ3n) is 4.08. The summed E-state index contributed by atoms with van der Waals surface area (Å²) in [5, 5.41) is 7.27. The minimum Gasteiger partial charge on any atom is -0.410 e. The molecule has 1 heterocycles. The van der Waals surface area contributed by atoms with E-state index in [0.717, 1.165) is 11.3 Å². The van der Waals surface area contributed by atoms with Crippen LogP contribution in [0.25, 0.3) is 10.5 Å². The van der Waals surface area contributed by atoms with Crippen molar-refractivity contribution in [3.05, 3.63) is 83.3 Å². The summed E-state index contributed by atoms with van der Waals surface area (Å²) in [6, 6.07) is 18.3. The van der Waals surface area contributed by atoms with Gasteiger partial charge in [-0.2, -0.15) is 5.10 Å². The van der Waals surface area contributed by atoms with Crippen LogP contribution >= 0.6 is 0 Å². The third kappa shape index (κ3) is 4.15. The smallest absolute Gasteiger partial charge is 0.410 e. The van der Waals surface area contributed by atoms with E-state index in [1.165, 1.54) is 0 Å². The largest absolute Gasteiger partial charge is 0.418 e. The zero-order chi connectivity index (χ0) is 19.4. The lowest BCUT2D eigenvalue weighted by Gasteiger charge is -2.09. The quantitative estimate of drug-likeness (QED) is 0.670. The number of para-hydroxylation sites is 1. The van der Waals surface area contributed by atoms with Gasteiger partial charge < -0.3 is 9.58 Å². The summed E-state index contributed by atoms with van der Waals surface area (Å²) in [6.07, 6.45) is -0.623. The van der Waals surface area contributed by atoms with Gasteiger partial charge in [-0.25, -0.2) is 16.0 Å². The van der Waals surface area contributed by atoms with Gasteiger partial charge in [0.1, 0.15) is 17.3 Å².